The molecule has 0 aliphatic carbocycles. The van der Waals surface area contributed by atoms with Gasteiger partial charge in [-0.05, 0) is 95.4 Å². The molecule has 2 aromatic rings. The second-order valence-corrected chi connectivity index (χ2v) is 10.9. The topological polar surface area (TPSA) is 52.9 Å². The number of unbranched alkanes of at least 4 members (excludes halogenated alkanes) is 3. The van der Waals surface area contributed by atoms with Crippen molar-refractivity contribution < 1.29 is 16.8 Å². The van der Waals surface area contributed by atoms with Crippen LogP contribution in [0.25, 0.3) is 12.2 Å². The monoisotopic (exact) mass is 567 g/mol. The molecule has 2 aliphatic rings. The Morgan fingerprint density at radius 3 is 2.15 bits per heavy atom. The van der Waals surface area contributed by atoms with E-state index in [9.17, 15) is 0 Å². The summed E-state index contributed by atoms with van der Waals surface area (Å²) in [5, 5.41) is 0. The molecule has 39 heavy (non-hydrogen) atoms. The first-order valence-corrected chi connectivity index (χ1v) is 14.4. The third-order valence-electron chi connectivity index (χ3n) is 8.35. The van der Waals surface area contributed by atoms with Gasteiger partial charge in [-0.15, -0.1) is 11.4 Å². The molecule has 2 aromatic heterocycles. The molecule has 0 spiro atoms. The minimum atomic E-state index is 0. The predicted octanol–water partition coefficient (Wildman–Crippen LogP) is 8.56. The van der Waals surface area contributed by atoms with E-state index in [4.69, 9.17) is 9.98 Å². The Bertz CT molecular complexity index is 1380. The normalized spacial score (nSPS) is 17.3. The Kier molecular flexibility index (Phi) is 10.8. The standard InChI is InChI=1S/C34H44N4.Co/c1-9-27-21(3)19-35-33(27)17-31-23(5)29(25(7)37-31)15-13-11-12-14-16-30-24(6)32(38-26(30)8)18-34-28(10-2)22(4)20-36-34;/h17-20H,9-16H2,1-8H3;/q-2;+2/b31-17+,34-18+;. The Hall–Kier alpha value is -2.63. The van der Waals surface area contributed by atoms with Crippen LogP contribution < -0.4 is 9.97 Å². The average Bonchev–Trinajstić information content (AvgIpc) is 3.58. The molecule has 0 amide bonds. The van der Waals surface area contributed by atoms with Crippen LogP contribution in [0.4, 0.5) is 0 Å². The second kappa shape index (κ2) is 13.6. The second-order valence-electron chi connectivity index (χ2n) is 10.9. The van der Waals surface area contributed by atoms with Gasteiger partial charge in [0.15, 0.2) is 0 Å². The fourth-order valence-electron chi connectivity index (χ4n) is 5.97. The Morgan fingerprint density at radius 1 is 0.769 bits per heavy atom. The summed E-state index contributed by atoms with van der Waals surface area (Å²) >= 11 is 0. The molecular formula is C34H44CoN4. The van der Waals surface area contributed by atoms with Crippen LogP contribution in [0.2, 0.25) is 0 Å². The average molecular weight is 568 g/mol. The van der Waals surface area contributed by atoms with Gasteiger partial charge in [-0.1, -0.05) is 68.0 Å². The van der Waals surface area contributed by atoms with Crippen molar-refractivity contribution in [1.82, 2.24) is 9.97 Å². The molecule has 4 rings (SSSR count). The number of aromatic nitrogens is 2. The van der Waals surface area contributed by atoms with Crippen LogP contribution in [0, 0.1) is 20.8 Å². The predicted molar refractivity (Wildman–Crippen MR) is 163 cm³/mol. The maximum atomic E-state index is 4.90. The minimum absolute atomic E-state index is 0. The van der Waals surface area contributed by atoms with Crippen molar-refractivity contribution in [3.63, 3.8) is 0 Å². The van der Waals surface area contributed by atoms with Crippen LogP contribution in [0.15, 0.2) is 49.9 Å². The summed E-state index contributed by atoms with van der Waals surface area (Å²) in [4.78, 5) is 19.0. The van der Waals surface area contributed by atoms with E-state index in [1.165, 1.54) is 81.6 Å². The number of nitrogens with zero attached hydrogens (tertiary/aromatic N) is 4. The molecule has 0 atom stereocenters. The van der Waals surface area contributed by atoms with Crippen LogP contribution in [0.5, 0.6) is 0 Å². The molecule has 0 N–H and O–H groups in total. The zero-order valence-corrected chi connectivity index (χ0v) is 26.1. The summed E-state index contributed by atoms with van der Waals surface area (Å²) in [5.74, 6) is 0. The van der Waals surface area contributed by atoms with E-state index in [-0.39, 0.29) is 16.8 Å². The van der Waals surface area contributed by atoms with Crippen molar-refractivity contribution in [1.29, 1.82) is 0 Å². The molecule has 5 heteroatoms. The fraction of sp³-hybridized carbons (Fsp3) is 0.471. The molecule has 209 valence electrons. The van der Waals surface area contributed by atoms with E-state index in [0.29, 0.717) is 0 Å². The molecule has 0 bridgehead atoms. The van der Waals surface area contributed by atoms with Crippen molar-refractivity contribution in [3.8, 4) is 0 Å². The Labute approximate surface area is 246 Å². The first-order chi connectivity index (χ1) is 18.2. The van der Waals surface area contributed by atoms with E-state index in [2.05, 4.69) is 77.5 Å². The molecule has 4 nitrogen and oxygen atoms in total. The molecule has 0 saturated heterocycles. The molecular weight excluding hydrogens is 523 g/mol. The van der Waals surface area contributed by atoms with Crippen molar-refractivity contribution in [2.75, 3.05) is 0 Å². The van der Waals surface area contributed by atoms with Crippen molar-refractivity contribution >= 4 is 24.1 Å². The van der Waals surface area contributed by atoms with Gasteiger partial charge in [-0.25, -0.2) is 0 Å². The number of rotatable bonds is 11. The van der Waals surface area contributed by atoms with Gasteiger partial charge < -0.3 is 9.97 Å². The van der Waals surface area contributed by atoms with Gasteiger partial charge in [-0.3, -0.25) is 9.98 Å². The van der Waals surface area contributed by atoms with Gasteiger partial charge in [0.25, 0.3) is 0 Å². The van der Waals surface area contributed by atoms with E-state index in [1.807, 2.05) is 12.4 Å². The van der Waals surface area contributed by atoms with Gasteiger partial charge in [0.2, 0.25) is 0 Å². The molecule has 4 heterocycles. The van der Waals surface area contributed by atoms with E-state index >= 15 is 0 Å². The van der Waals surface area contributed by atoms with Gasteiger partial charge in [0, 0.05) is 11.9 Å². The first-order valence-electron chi connectivity index (χ1n) is 14.4. The van der Waals surface area contributed by atoms with Crippen molar-refractivity contribution in [3.05, 3.63) is 79.2 Å². The molecule has 2 aliphatic heterocycles. The van der Waals surface area contributed by atoms with Crippen LogP contribution in [-0.4, -0.2) is 11.9 Å². The van der Waals surface area contributed by atoms with E-state index in [0.717, 1.165) is 48.5 Å². The summed E-state index contributed by atoms with van der Waals surface area (Å²) in [5.41, 5.74) is 17.4. The summed E-state index contributed by atoms with van der Waals surface area (Å²) in [6, 6.07) is 0. The van der Waals surface area contributed by atoms with Crippen LogP contribution in [0.3, 0.4) is 0 Å². The summed E-state index contributed by atoms with van der Waals surface area (Å²) in [7, 11) is 0. The SMILES string of the molecule is CCC1=C(C)C=N/C1=C/c1[n-]c(C)c(CCCCCCC2=C(C)/C(=C\c3[n-]cc(C)c3CC)N=C2C)c1C.[Co+2]. The molecule has 0 unspecified atom stereocenters. The molecule has 0 saturated carbocycles. The molecule has 1 radical (unpaired) electrons. The van der Waals surface area contributed by atoms with Gasteiger partial charge in [0.05, 0.1) is 11.4 Å². The largest absolute Gasteiger partial charge is 2.00 e. The smallest absolute Gasteiger partial charge is 0.664 e. The van der Waals surface area contributed by atoms with Crippen LogP contribution in [0.1, 0.15) is 112 Å². The van der Waals surface area contributed by atoms with Gasteiger partial charge in [-0.2, -0.15) is 11.9 Å². The van der Waals surface area contributed by atoms with Crippen LogP contribution in [-0.2, 0) is 29.6 Å². The summed E-state index contributed by atoms with van der Waals surface area (Å²) in [6.07, 6.45) is 17.4. The number of hydrogen-bond acceptors (Lipinski definition) is 2. The third kappa shape index (κ3) is 6.75. The maximum Gasteiger partial charge on any atom is 2.00 e. The quantitative estimate of drug-likeness (QED) is 0.256. The molecule has 0 fully saturated rings. The van der Waals surface area contributed by atoms with E-state index < -0.39 is 0 Å². The zero-order valence-electron chi connectivity index (χ0n) is 25.1. The third-order valence-corrected chi connectivity index (χ3v) is 8.35. The number of allylic oxidation sites excluding steroid dienone is 4. The van der Waals surface area contributed by atoms with Crippen molar-refractivity contribution in [2.24, 2.45) is 9.98 Å². The number of aryl methyl sites for hydroxylation is 2. The fourth-order valence-corrected chi connectivity index (χ4v) is 5.97. The van der Waals surface area contributed by atoms with Gasteiger partial charge in [0.1, 0.15) is 0 Å². The summed E-state index contributed by atoms with van der Waals surface area (Å²) in [6.45, 7) is 17.4. The molecule has 0 aromatic carbocycles. The minimum Gasteiger partial charge on any atom is -0.664 e. The Balaban J connectivity index is 0.00000420. The van der Waals surface area contributed by atoms with Gasteiger partial charge >= 0.3 is 16.8 Å². The summed E-state index contributed by atoms with van der Waals surface area (Å²) < 4.78 is 0. The zero-order chi connectivity index (χ0) is 27.4. The van der Waals surface area contributed by atoms with E-state index in [1.54, 1.807) is 0 Å². The van der Waals surface area contributed by atoms with Crippen molar-refractivity contribution in [2.45, 2.75) is 107 Å². The first kappa shape index (κ1) is 30.9. The number of aliphatic imine (C=N–C) groups is 2. The maximum absolute atomic E-state index is 4.90. The van der Waals surface area contributed by atoms with Crippen LogP contribution >= 0.6 is 0 Å². The Morgan fingerprint density at radius 2 is 1.46 bits per heavy atom. The number of hydrogen-bond donors (Lipinski definition) is 0.